The third kappa shape index (κ3) is 3.33. The molecule has 0 fully saturated rings. The molecule has 3 heteroatoms. The molecule has 0 atom stereocenters. The molecule has 0 bridgehead atoms. The maximum Gasteiger partial charge on any atom is 0.131 e. The Labute approximate surface area is 116 Å². The van der Waals surface area contributed by atoms with E-state index in [0.29, 0.717) is 12.5 Å². The summed E-state index contributed by atoms with van der Waals surface area (Å²) < 4.78 is 6.69. The lowest BCUT2D eigenvalue weighted by Gasteiger charge is -2.09. The van der Waals surface area contributed by atoms with Gasteiger partial charge in [0.15, 0.2) is 0 Å². The van der Waals surface area contributed by atoms with Crippen molar-refractivity contribution in [2.45, 2.75) is 26.4 Å². The predicted molar refractivity (Wildman–Crippen MR) is 76.8 cm³/mol. The number of nitrogens with zero attached hydrogens (tertiary/aromatic N) is 1. The number of benzene rings is 1. The zero-order valence-electron chi connectivity index (χ0n) is 10.6. The number of ether oxygens (including phenoxy) is 1. The third-order valence-corrected chi connectivity index (χ3v) is 3.48. The Hall–Kier alpha value is -1.35. The molecule has 0 radical (unpaired) electrons. The fourth-order valence-electron chi connectivity index (χ4n) is 1.63. The Morgan fingerprint density at radius 1 is 1.17 bits per heavy atom. The van der Waals surface area contributed by atoms with Crippen molar-refractivity contribution in [2.24, 2.45) is 0 Å². The van der Waals surface area contributed by atoms with Crippen molar-refractivity contribution in [2.75, 3.05) is 0 Å². The summed E-state index contributed by atoms with van der Waals surface area (Å²) in [5, 5.41) is 0. The predicted octanol–water partition coefficient (Wildman–Crippen LogP) is 4.55. The molecule has 94 valence electrons. The largest absolute Gasteiger partial charge is 0.487 e. The Morgan fingerprint density at radius 2 is 1.89 bits per heavy atom. The van der Waals surface area contributed by atoms with E-state index < -0.39 is 0 Å². The molecule has 0 saturated heterocycles. The van der Waals surface area contributed by atoms with E-state index in [0.717, 1.165) is 15.9 Å². The standard InChI is InChI=1S/C15H16BrNO/c1-11(2)12-5-7-13(8-6-12)18-10-15-14(16)4-3-9-17-15/h3-9,11H,10H2,1-2H3. The Bertz CT molecular complexity index is 508. The van der Waals surface area contributed by atoms with Crippen molar-refractivity contribution < 1.29 is 4.74 Å². The average molecular weight is 306 g/mol. The molecule has 0 N–H and O–H groups in total. The number of pyridine rings is 1. The molecule has 2 rings (SSSR count). The average Bonchev–Trinajstić information content (AvgIpc) is 2.38. The maximum atomic E-state index is 5.72. The molecule has 18 heavy (non-hydrogen) atoms. The summed E-state index contributed by atoms with van der Waals surface area (Å²) in [6, 6.07) is 12.1. The number of halogens is 1. The van der Waals surface area contributed by atoms with Gasteiger partial charge in [0, 0.05) is 10.7 Å². The van der Waals surface area contributed by atoms with Gasteiger partial charge in [0.2, 0.25) is 0 Å². The number of aromatic nitrogens is 1. The van der Waals surface area contributed by atoms with Crippen molar-refractivity contribution in [3.8, 4) is 5.75 Å². The minimum atomic E-state index is 0.475. The first-order chi connectivity index (χ1) is 8.66. The van der Waals surface area contributed by atoms with Crippen molar-refractivity contribution in [1.82, 2.24) is 4.98 Å². The Kier molecular flexibility index (Phi) is 4.37. The van der Waals surface area contributed by atoms with E-state index in [4.69, 9.17) is 4.74 Å². The molecule has 2 aromatic rings. The van der Waals surface area contributed by atoms with E-state index in [1.807, 2.05) is 24.3 Å². The molecular weight excluding hydrogens is 290 g/mol. The van der Waals surface area contributed by atoms with E-state index in [1.54, 1.807) is 6.20 Å². The van der Waals surface area contributed by atoms with Gasteiger partial charge >= 0.3 is 0 Å². The van der Waals surface area contributed by atoms with Crippen LogP contribution in [0.3, 0.4) is 0 Å². The van der Waals surface area contributed by atoms with Gasteiger partial charge in [0.05, 0.1) is 5.69 Å². The zero-order valence-corrected chi connectivity index (χ0v) is 12.1. The highest BCUT2D eigenvalue weighted by Crippen LogP contribution is 2.20. The van der Waals surface area contributed by atoms with Crippen LogP contribution in [0.1, 0.15) is 31.0 Å². The van der Waals surface area contributed by atoms with Gasteiger partial charge in [-0.2, -0.15) is 0 Å². The number of hydrogen-bond donors (Lipinski definition) is 0. The molecule has 1 aromatic heterocycles. The van der Waals surface area contributed by atoms with Gasteiger partial charge in [0.25, 0.3) is 0 Å². The van der Waals surface area contributed by atoms with Gasteiger partial charge < -0.3 is 4.74 Å². The van der Waals surface area contributed by atoms with Gasteiger partial charge in [-0.25, -0.2) is 0 Å². The van der Waals surface area contributed by atoms with E-state index in [9.17, 15) is 0 Å². The van der Waals surface area contributed by atoms with Crippen LogP contribution >= 0.6 is 15.9 Å². The highest BCUT2D eigenvalue weighted by Gasteiger charge is 2.02. The molecule has 0 aliphatic rings. The number of rotatable bonds is 4. The zero-order chi connectivity index (χ0) is 13.0. The molecule has 0 amide bonds. The molecule has 0 aliphatic heterocycles. The van der Waals surface area contributed by atoms with Crippen molar-refractivity contribution in [3.05, 3.63) is 58.3 Å². The van der Waals surface area contributed by atoms with Crippen LogP contribution in [0.4, 0.5) is 0 Å². The molecular formula is C15H16BrNO. The first-order valence-corrected chi connectivity index (χ1v) is 6.78. The van der Waals surface area contributed by atoms with E-state index in [1.165, 1.54) is 5.56 Å². The lowest BCUT2D eigenvalue weighted by molar-refractivity contribution is 0.300. The number of hydrogen-bond acceptors (Lipinski definition) is 2. The van der Waals surface area contributed by atoms with Crippen LogP contribution in [0.5, 0.6) is 5.75 Å². The first kappa shape index (κ1) is 13.1. The minimum Gasteiger partial charge on any atom is -0.487 e. The van der Waals surface area contributed by atoms with Crippen LogP contribution in [0, 0.1) is 0 Å². The molecule has 0 unspecified atom stereocenters. The minimum absolute atomic E-state index is 0.475. The van der Waals surface area contributed by atoms with Gasteiger partial charge in [-0.3, -0.25) is 4.98 Å². The SMILES string of the molecule is CC(C)c1ccc(OCc2ncccc2Br)cc1. The monoisotopic (exact) mass is 305 g/mol. The highest BCUT2D eigenvalue weighted by molar-refractivity contribution is 9.10. The topological polar surface area (TPSA) is 22.1 Å². The van der Waals surface area contributed by atoms with Gasteiger partial charge in [-0.15, -0.1) is 0 Å². The second-order valence-corrected chi connectivity index (χ2v) is 5.30. The molecule has 2 nitrogen and oxygen atoms in total. The molecule has 1 heterocycles. The van der Waals surface area contributed by atoms with Crippen LogP contribution in [-0.2, 0) is 6.61 Å². The first-order valence-electron chi connectivity index (χ1n) is 5.99. The summed E-state index contributed by atoms with van der Waals surface area (Å²) >= 11 is 3.46. The summed E-state index contributed by atoms with van der Waals surface area (Å²) in [4.78, 5) is 4.27. The van der Waals surface area contributed by atoms with Crippen LogP contribution in [-0.4, -0.2) is 4.98 Å². The smallest absolute Gasteiger partial charge is 0.131 e. The molecule has 0 spiro atoms. The lowest BCUT2D eigenvalue weighted by Crippen LogP contribution is -1.99. The van der Waals surface area contributed by atoms with Crippen LogP contribution in [0.15, 0.2) is 47.1 Å². The quantitative estimate of drug-likeness (QED) is 0.827. The highest BCUT2D eigenvalue weighted by atomic mass is 79.9. The summed E-state index contributed by atoms with van der Waals surface area (Å²) in [5.74, 6) is 1.42. The fourth-order valence-corrected chi connectivity index (χ4v) is 1.99. The molecule has 0 aliphatic carbocycles. The summed E-state index contributed by atoms with van der Waals surface area (Å²) in [5.41, 5.74) is 2.23. The summed E-state index contributed by atoms with van der Waals surface area (Å²) in [6.45, 7) is 4.84. The fraction of sp³-hybridized carbons (Fsp3) is 0.267. The summed E-state index contributed by atoms with van der Waals surface area (Å²) in [7, 11) is 0. The van der Waals surface area contributed by atoms with Gasteiger partial charge in [-0.05, 0) is 51.7 Å². The van der Waals surface area contributed by atoms with Crippen molar-refractivity contribution in [3.63, 3.8) is 0 Å². The molecule has 0 saturated carbocycles. The third-order valence-electron chi connectivity index (χ3n) is 2.76. The van der Waals surface area contributed by atoms with E-state index in [-0.39, 0.29) is 0 Å². The second kappa shape index (κ2) is 6.01. The van der Waals surface area contributed by atoms with Crippen molar-refractivity contribution >= 4 is 15.9 Å². The molecule has 1 aromatic carbocycles. The van der Waals surface area contributed by atoms with Gasteiger partial charge in [0.1, 0.15) is 12.4 Å². The normalized spacial score (nSPS) is 10.7. The Morgan fingerprint density at radius 3 is 2.50 bits per heavy atom. The van der Waals surface area contributed by atoms with Gasteiger partial charge in [-0.1, -0.05) is 26.0 Å². The van der Waals surface area contributed by atoms with Crippen LogP contribution in [0.2, 0.25) is 0 Å². The van der Waals surface area contributed by atoms with E-state index >= 15 is 0 Å². The maximum absolute atomic E-state index is 5.72. The van der Waals surface area contributed by atoms with Crippen LogP contribution in [0.25, 0.3) is 0 Å². The lowest BCUT2D eigenvalue weighted by atomic mass is 10.0. The van der Waals surface area contributed by atoms with E-state index in [2.05, 4.69) is 46.9 Å². The summed E-state index contributed by atoms with van der Waals surface area (Å²) in [6.07, 6.45) is 1.77. The van der Waals surface area contributed by atoms with Crippen LogP contribution < -0.4 is 4.74 Å². The second-order valence-electron chi connectivity index (χ2n) is 4.44. The van der Waals surface area contributed by atoms with Crippen molar-refractivity contribution in [1.29, 1.82) is 0 Å². The Balaban J connectivity index is 2.00.